The number of aromatic nitrogens is 1. The molecule has 1 aliphatic rings. The van der Waals surface area contributed by atoms with Crippen molar-refractivity contribution in [3.8, 4) is 0 Å². The summed E-state index contributed by atoms with van der Waals surface area (Å²) in [7, 11) is 0. The van der Waals surface area contributed by atoms with Gasteiger partial charge in [-0.3, -0.25) is 4.84 Å². The lowest BCUT2D eigenvalue weighted by Crippen LogP contribution is -1.98. The van der Waals surface area contributed by atoms with Gasteiger partial charge in [0.15, 0.2) is 6.23 Å². The van der Waals surface area contributed by atoms with Crippen molar-refractivity contribution in [2.75, 3.05) is 0 Å². The Labute approximate surface area is 117 Å². The molecule has 0 bridgehead atoms. The monoisotopic (exact) mass is 264 g/mol. The molecule has 1 unspecified atom stereocenters. The number of hydrogen-bond donors (Lipinski definition) is 1. The van der Waals surface area contributed by atoms with E-state index < -0.39 is 0 Å². The van der Waals surface area contributed by atoms with Crippen molar-refractivity contribution < 1.29 is 4.84 Å². The van der Waals surface area contributed by atoms with Gasteiger partial charge in [0.2, 0.25) is 0 Å². The van der Waals surface area contributed by atoms with Gasteiger partial charge in [0.05, 0.1) is 5.52 Å². The molecule has 2 heterocycles. The van der Waals surface area contributed by atoms with E-state index >= 15 is 0 Å². The molecule has 0 aliphatic carbocycles. The van der Waals surface area contributed by atoms with Crippen molar-refractivity contribution in [1.82, 2.24) is 10.0 Å². The van der Waals surface area contributed by atoms with E-state index in [1.807, 2.05) is 0 Å². The van der Waals surface area contributed by atoms with Crippen LogP contribution in [0.5, 0.6) is 0 Å². The Morgan fingerprint density at radius 2 is 1.90 bits per heavy atom. The Morgan fingerprint density at radius 1 is 1.10 bits per heavy atom. The topological polar surface area (TPSA) is 39.4 Å². The summed E-state index contributed by atoms with van der Waals surface area (Å²) in [4.78, 5) is 5.24. The maximum absolute atomic E-state index is 5.24. The highest BCUT2D eigenvalue weighted by Crippen LogP contribution is 2.33. The first kappa shape index (κ1) is 11.7. The quantitative estimate of drug-likeness (QED) is 0.735. The fourth-order valence-electron chi connectivity index (χ4n) is 2.85. The number of rotatable bonds is 3. The Morgan fingerprint density at radius 3 is 2.65 bits per heavy atom. The zero-order valence-corrected chi connectivity index (χ0v) is 11.3. The first-order chi connectivity index (χ1) is 9.83. The van der Waals surface area contributed by atoms with Gasteiger partial charge in [-0.2, -0.15) is 5.48 Å². The molecular weight excluding hydrogens is 248 g/mol. The first-order valence-corrected chi connectivity index (χ1v) is 6.86. The van der Waals surface area contributed by atoms with Gasteiger partial charge in [0.25, 0.3) is 0 Å². The Balaban J connectivity index is 1.86. The van der Waals surface area contributed by atoms with Crippen LogP contribution in [-0.2, 0) is 11.4 Å². The highest BCUT2D eigenvalue weighted by molar-refractivity contribution is 5.87. The third-order valence-corrected chi connectivity index (χ3v) is 3.84. The van der Waals surface area contributed by atoms with Crippen molar-refractivity contribution in [3.63, 3.8) is 0 Å². The van der Waals surface area contributed by atoms with E-state index in [2.05, 4.69) is 71.7 Å². The molecule has 3 nitrogen and oxygen atoms in total. The largest absolute Gasteiger partial charge is 0.342 e. The summed E-state index contributed by atoms with van der Waals surface area (Å²) in [5.74, 6) is 0. The van der Waals surface area contributed by atoms with Gasteiger partial charge >= 0.3 is 0 Å². The van der Waals surface area contributed by atoms with Crippen molar-refractivity contribution >= 4 is 10.9 Å². The predicted octanol–water partition coefficient (Wildman–Crippen LogP) is 3.53. The highest BCUT2D eigenvalue weighted by atomic mass is 16.8. The second-order valence-corrected chi connectivity index (χ2v) is 5.28. The van der Waals surface area contributed by atoms with Crippen LogP contribution >= 0.6 is 0 Å². The maximum atomic E-state index is 5.24. The van der Waals surface area contributed by atoms with E-state index in [4.69, 9.17) is 4.84 Å². The van der Waals surface area contributed by atoms with E-state index in [-0.39, 0.29) is 6.23 Å². The molecule has 3 aromatic rings. The minimum absolute atomic E-state index is 0.0522. The van der Waals surface area contributed by atoms with Crippen LogP contribution in [0.1, 0.15) is 22.9 Å². The number of aryl methyl sites for hydroxylation is 1. The predicted molar refractivity (Wildman–Crippen MR) is 79.2 cm³/mol. The third kappa shape index (κ3) is 1.92. The van der Waals surface area contributed by atoms with Gasteiger partial charge in [-0.1, -0.05) is 48.5 Å². The number of para-hydroxylation sites is 1. The van der Waals surface area contributed by atoms with Crippen LogP contribution in [0.4, 0.5) is 0 Å². The zero-order chi connectivity index (χ0) is 13.5. The number of benzene rings is 2. The molecule has 0 radical (unpaired) electrons. The normalized spacial score (nSPS) is 17.6. The smallest absolute Gasteiger partial charge is 0.178 e. The minimum Gasteiger partial charge on any atom is -0.342 e. The summed E-state index contributed by atoms with van der Waals surface area (Å²) in [5, 5.41) is 1.27. The number of hydrogen-bond acceptors (Lipinski definition) is 2. The second-order valence-electron chi connectivity index (χ2n) is 5.28. The van der Waals surface area contributed by atoms with Crippen molar-refractivity contribution in [3.05, 3.63) is 71.4 Å². The molecule has 0 spiro atoms. The lowest BCUT2D eigenvalue weighted by atomic mass is 10.1. The van der Waals surface area contributed by atoms with E-state index in [9.17, 15) is 0 Å². The van der Waals surface area contributed by atoms with Crippen LogP contribution in [0.2, 0.25) is 0 Å². The van der Waals surface area contributed by atoms with Gasteiger partial charge in [0.1, 0.15) is 0 Å². The summed E-state index contributed by atoms with van der Waals surface area (Å²) in [5.41, 5.74) is 8.05. The molecule has 3 heteroatoms. The Bertz CT molecular complexity index is 757. The fraction of sp³-hybridized carbons (Fsp3) is 0.176. The molecule has 4 rings (SSSR count). The molecule has 2 aromatic carbocycles. The molecule has 1 aromatic heterocycles. The van der Waals surface area contributed by atoms with Gasteiger partial charge < -0.3 is 4.57 Å². The fourth-order valence-corrected chi connectivity index (χ4v) is 2.85. The van der Waals surface area contributed by atoms with Crippen LogP contribution in [0, 0.1) is 6.92 Å². The first-order valence-electron chi connectivity index (χ1n) is 6.86. The lowest BCUT2D eigenvalue weighted by molar-refractivity contribution is 0.375. The molecule has 20 heavy (non-hydrogen) atoms. The van der Waals surface area contributed by atoms with E-state index in [0.29, 0.717) is 0 Å². The van der Waals surface area contributed by atoms with Gasteiger partial charge in [-0.05, 0) is 18.1 Å². The summed E-state index contributed by atoms with van der Waals surface area (Å²) in [6.45, 7) is 3.05. The van der Waals surface area contributed by atoms with Gasteiger partial charge in [-0.15, -0.1) is 0 Å². The molecule has 0 amide bonds. The average Bonchev–Trinajstić information content (AvgIpc) is 3.24. The molecule has 1 aliphatic heterocycles. The summed E-state index contributed by atoms with van der Waals surface area (Å²) in [6.07, 6.45) is 2.26. The van der Waals surface area contributed by atoms with Gasteiger partial charge in [-0.25, -0.2) is 0 Å². The van der Waals surface area contributed by atoms with Crippen LogP contribution in [0.15, 0.2) is 54.7 Å². The number of nitrogens with one attached hydrogen (secondary N) is 1. The molecule has 1 N–H and O–H groups in total. The number of hydroxylamine groups is 1. The SMILES string of the molecule is Cc1cccc2c(C3NO3)cn(Cc3ccccc3)c12. The van der Waals surface area contributed by atoms with E-state index in [1.165, 1.54) is 27.6 Å². The zero-order valence-electron chi connectivity index (χ0n) is 11.3. The van der Waals surface area contributed by atoms with Crippen molar-refractivity contribution in [2.45, 2.75) is 19.7 Å². The second kappa shape index (κ2) is 4.47. The Hall–Kier alpha value is -2.10. The molecule has 100 valence electrons. The van der Waals surface area contributed by atoms with E-state index in [0.717, 1.165) is 6.54 Å². The van der Waals surface area contributed by atoms with Crippen molar-refractivity contribution in [1.29, 1.82) is 0 Å². The summed E-state index contributed by atoms with van der Waals surface area (Å²) in [6, 6.07) is 17.0. The minimum atomic E-state index is 0.0522. The Kier molecular flexibility index (Phi) is 2.62. The molecule has 0 saturated carbocycles. The highest BCUT2D eigenvalue weighted by Gasteiger charge is 2.28. The molecule has 1 fully saturated rings. The molecular formula is C17H16N2O. The van der Waals surface area contributed by atoms with Crippen LogP contribution in [0.3, 0.4) is 0 Å². The average molecular weight is 264 g/mol. The number of fused-ring (bicyclic) bond motifs is 1. The summed E-state index contributed by atoms with van der Waals surface area (Å²) >= 11 is 0. The van der Waals surface area contributed by atoms with E-state index in [1.54, 1.807) is 0 Å². The maximum Gasteiger partial charge on any atom is 0.178 e. The standard InChI is InChI=1S/C17H16N2O/c1-12-6-5-9-14-15(17-18-20-17)11-19(16(12)14)10-13-7-3-2-4-8-13/h2-9,11,17-18H,10H2,1H3. The molecule has 1 atom stereocenters. The van der Waals surface area contributed by atoms with Crippen LogP contribution in [-0.4, -0.2) is 4.57 Å². The lowest BCUT2D eigenvalue weighted by Gasteiger charge is -2.07. The van der Waals surface area contributed by atoms with Gasteiger partial charge in [0, 0.05) is 23.7 Å². The number of nitrogens with zero attached hydrogens (tertiary/aromatic N) is 1. The van der Waals surface area contributed by atoms with Crippen LogP contribution in [0.25, 0.3) is 10.9 Å². The molecule has 1 saturated heterocycles. The third-order valence-electron chi connectivity index (χ3n) is 3.84. The van der Waals surface area contributed by atoms with Crippen LogP contribution < -0.4 is 5.48 Å². The van der Waals surface area contributed by atoms with Crippen molar-refractivity contribution in [2.24, 2.45) is 0 Å². The summed E-state index contributed by atoms with van der Waals surface area (Å²) < 4.78 is 2.32.